The molecule has 5 N–H and O–H groups in total. The van der Waals surface area contributed by atoms with Gasteiger partial charge in [-0.15, -0.1) is 0 Å². The molecule has 0 bridgehead atoms. The average molecular weight is 277 g/mol. The SMILES string of the molecule is CC(=O)CCCCO[C@@H]1OC(CO)[C@H](O)C(O)[C@@H]1N. The van der Waals surface area contributed by atoms with E-state index in [9.17, 15) is 15.0 Å². The molecule has 0 saturated carbocycles. The maximum absolute atomic E-state index is 10.7. The predicted octanol–water partition coefficient (Wildman–Crippen LogP) is -1.47. The summed E-state index contributed by atoms with van der Waals surface area (Å²) in [4.78, 5) is 10.7. The molecule has 112 valence electrons. The molecule has 0 spiro atoms. The third kappa shape index (κ3) is 4.79. The Hall–Kier alpha value is -0.570. The third-order valence-corrected chi connectivity index (χ3v) is 3.13. The van der Waals surface area contributed by atoms with Crippen LogP contribution in [0, 0.1) is 0 Å². The van der Waals surface area contributed by atoms with Crippen LogP contribution in [0.25, 0.3) is 0 Å². The first-order valence-corrected chi connectivity index (χ1v) is 6.46. The summed E-state index contributed by atoms with van der Waals surface area (Å²) < 4.78 is 10.7. The van der Waals surface area contributed by atoms with Crippen molar-refractivity contribution in [2.24, 2.45) is 5.73 Å². The van der Waals surface area contributed by atoms with Gasteiger partial charge in [0, 0.05) is 13.0 Å². The highest BCUT2D eigenvalue weighted by atomic mass is 16.7. The van der Waals surface area contributed by atoms with E-state index in [-0.39, 0.29) is 5.78 Å². The first kappa shape index (κ1) is 16.5. The van der Waals surface area contributed by atoms with Crippen molar-refractivity contribution in [3.8, 4) is 0 Å². The fourth-order valence-corrected chi connectivity index (χ4v) is 1.93. The van der Waals surface area contributed by atoms with Crippen LogP contribution < -0.4 is 5.73 Å². The molecule has 2 unspecified atom stereocenters. The number of aliphatic hydroxyl groups excluding tert-OH is 3. The van der Waals surface area contributed by atoms with Gasteiger partial charge in [-0.2, -0.15) is 0 Å². The van der Waals surface area contributed by atoms with Crippen molar-refractivity contribution in [1.29, 1.82) is 0 Å². The van der Waals surface area contributed by atoms with Crippen LogP contribution in [0.5, 0.6) is 0 Å². The van der Waals surface area contributed by atoms with Crippen LogP contribution in [-0.4, -0.2) is 65.0 Å². The minimum Gasteiger partial charge on any atom is -0.394 e. The molecular weight excluding hydrogens is 254 g/mol. The Kier molecular flexibility index (Phi) is 6.84. The Labute approximate surface area is 112 Å². The fourth-order valence-electron chi connectivity index (χ4n) is 1.93. The van der Waals surface area contributed by atoms with Gasteiger partial charge >= 0.3 is 0 Å². The molecule has 1 aliphatic rings. The second-order valence-electron chi connectivity index (χ2n) is 4.81. The molecule has 1 fully saturated rings. The number of aliphatic hydroxyl groups is 3. The summed E-state index contributed by atoms with van der Waals surface area (Å²) in [6.07, 6.45) is -2.31. The fraction of sp³-hybridized carbons (Fsp3) is 0.917. The number of rotatable bonds is 7. The first-order valence-electron chi connectivity index (χ1n) is 6.46. The second-order valence-corrected chi connectivity index (χ2v) is 4.81. The summed E-state index contributed by atoms with van der Waals surface area (Å²) in [6.45, 7) is 1.45. The number of Topliss-reactive ketones (excluding diaryl/α,β-unsaturated/α-hetero) is 1. The molecule has 0 aliphatic carbocycles. The zero-order valence-electron chi connectivity index (χ0n) is 11.1. The van der Waals surface area contributed by atoms with Gasteiger partial charge in [-0.3, -0.25) is 0 Å². The van der Waals surface area contributed by atoms with E-state index in [0.29, 0.717) is 25.9 Å². The monoisotopic (exact) mass is 277 g/mol. The van der Waals surface area contributed by atoms with Gasteiger partial charge in [0.1, 0.15) is 24.1 Å². The van der Waals surface area contributed by atoms with Crippen molar-refractivity contribution >= 4 is 5.78 Å². The minimum absolute atomic E-state index is 0.129. The lowest BCUT2D eigenvalue weighted by atomic mass is 9.98. The highest BCUT2D eigenvalue weighted by Crippen LogP contribution is 2.20. The summed E-state index contributed by atoms with van der Waals surface area (Å²) in [5, 5.41) is 28.3. The lowest BCUT2D eigenvalue weighted by molar-refractivity contribution is -0.265. The second kappa shape index (κ2) is 7.88. The first-order chi connectivity index (χ1) is 8.97. The van der Waals surface area contributed by atoms with E-state index in [1.165, 1.54) is 6.92 Å². The molecule has 19 heavy (non-hydrogen) atoms. The van der Waals surface area contributed by atoms with Crippen LogP contribution in [0.1, 0.15) is 26.2 Å². The van der Waals surface area contributed by atoms with E-state index in [0.717, 1.165) is 0 Å². The standard InChI is InChI=1S/C12H23NO6/c1-7(15)4-2-3-5-18-12-9(13)11(17)10(16)8(6-14)19-12/h8-12,14,16-17H,2-6,13H2,1H3/t8?,9-,10-,11?,12+/m0/s1. The number of nitrogens with two attached hydrogens (primary N) is 1. The third-order valence-electron chi connectivity index (χ3n) is 3.13. The van der Waals surface area contributed by atoms with E-state index in [1.807, 2.05) is 0 Å². The molecule has 0 aromatic heterocycles. The lowest BCUT2D eigenvalue weighted by Gasteiger charge is -2.40. The molecule has 0 amide bonds. The molecule has 1 aliphatic heterocycles. The summed E-state index contributed by atoms with van der Waals surface area (Å²) in [6, 6.07) is -0.870. The maximum atomic E-state index is 10.7. The van der Waals surface area contributed by atoms with E-state index in [1.54, 1.807) is 0 Å². The Morgan fingerprint density at radius 2 is 2.00 bits per heavy atom. The van der Waals surface area contributed by atoms with Crippen molar-refractivity contribution in [2.45, 2.75) is 56.8 Å². The van der Waals surface area contributed by atoms with Gasteiger partial charge in [-0.1, -0.05) is 0 Å². The minimum atomic E-state index is -1.22. The van der Waals surface area contributed by atoms with Gasteiger partial charge in [0.2, 0.25) is 0 Å². The smallest absolute Gasteiger partial charge is 0.175 e. The lowest BCUT2D eigenvalue weighted by Crippen LogP contribution is -2.62. The highest BCUT2D eigenvalue weighted by Gasteiger charge is 2.42. The molecular formula is C12H23NO6. The quantitative estimate of drug-likeness (QED) is 0.419. The van der Waals surface area contributed by atoms with Crippen molar-refractivity contribution < 1.29 is 29.6 Å². The maximum Gasteiger partial charge on any atom is 0.175 e. The summed E-state index contributed by atoms with van der Waals surface area (Å²) >= 11 is 0. The van der Waals surface area contributed by atoms with Gasteiger partial charge in [-0.25, -0.2) is 0 Å². The summed E-state index contributed by atoms with van der Waals surface area (Å²) in [5.74, 6) is 0.129. The number of hydrogen-bond acceptors (Lipinski definition) is 7. The molecule has 5 atom stereocenters. The Balaban J connectivity index is 2.33. The Bertz CT molecular complexity index is 285. The van der Waals surface area contributed by atoms with Gasteiger partial charge in [0.25, 0.3) is 0 Å². The van der Waals surface area contributed by atoms with Crippen LogP contribution in [0.3, 0.4) is 0 Å². The number of carbonyl (C=O) groups is 1. The van der Waals surface area contributed by atoms with Crippen molar-refractivity contribution in [1.82, 2.24) is 0 Å². The largest absolute Gasteiger partial charge is 0.394 e. The van der Waals surface area contributed by atoms with E-state index in [4.69, 9.17) is 20.3 Å². The Morgan fingerprint density at radius 3 is 2.58 bits per heavy atom. The van der Waals surface area contributed by atoms with Gasteiger partial charge < -0.3 is 35.3 Å². The predicted molar refractivity (Wildman–Crippen MR) is 66.2 cm³/mol. The molecule has 7 nitrogen and oxygen atoms in total. The van der Waals surface area contributed by atoms with E-state index >= 15 is 0 Å². The zero-order chi connectivity index (χ0) is 14.4. The zero-order valence-corrected chi connectivity index (χ0v) is 11.1. The highest BCUT2D eigenvalue weighted by molar-refractivity contribution is 5.75. The normalized spacial score (nSPS) is 35.3. The van der Waals surface area contributed by atoms with Gasteiger partial charge in [-0.05, 0) is 19.8 Å². The topological polar surface area (TPSA) is 122 Å². The number of unbranched alkanes of at least 4 members (excludes halogenated alkanes) is 1. The Morgan fingerprint density at radius 1 is 1.32 bits per heavy atom. The molecule has 7 heteroatoms. The molecule has 0 radical (unpaired) electrons. The van der Waals surface area contributed by atoms with Gasteiger partial charge in [0.05, 0.1) is 12.6 Å². The number of ether oxygens (including phenoxy) is 2. The molecule has 1 heterocycles. The molecule has 1 saturated heterocycles. The molecule has 0 aromatic rings. The number of carbonyl (C=O) groups excluding carboxylic acids is 1. The van der Waals surface area contributed by atoms with Crippen LogP contribution in [0.2, 0.25) is 0 Å². The van der Waals surface area contributed by atoms with Crippen molar-refractivity contribution in [3.05, 3.63) is 0 Å². The molecule has 0 aromatic carbocycles. The van der Waals surface area contributed by atoms with Crippen LogP contribution in [0.15, 0.2) is 0 Å². The van der Waals surface area contributed by atoms with Crippen molar-refractivity contribution in [2.75, 3.05) is 13.2 Å². The van der Waals surface area contributed by atoms with Crippen molar-refractivity contribution in [3.63, 3.8) is 0 Å². The number of hydrogen-bond donors (Lipinski definition) is 4. The number of ketones is 1. The van der Waals surface area contributed by atoms with Crippen LogP contribution in [0.4, 0.5) is 0 Å². The summed E-state index contributed by atoms with van der Waals surface area (Å²) in [7, 11) is 0. The van der Waals surface area contributed by atoms with Crippen LogP contribution in [-0.2, 0) is 14.3 Å². The molecule has 1 rings (SSSR count). The van der Waals surface area contributed by atoms with Gasteiger partial charge in [0.15, 0.2) is 6.29 Å². The average Bonchev–Trinajstić information content (AvgIpc) is 2.37. The van der Waals surface area contributed by atoms with E-state index < -0.39 is 37.3 Å². The van der Waals surface area contributed by atoms with Crippen LogP contribution >= 0.6 is 0 Å². The summed E-state index contributed by atoms with van der Waals surface area (Å²) in [5.41, 5.74) is 5.70. The van der Waals surface area contributed by atoms with E-state index in [2.05, 4.69) is 0 Å².